The number of hydrogen-bond donors (Lipinski definition) is 1. The second kappa shape index (κ2) is 4.25. The molecular formula is C13H16N2O. The van der Waals surface area contributed by atoms with Crippen LogP contribution in [0.4, 0.5) is 0 Å². The summed E-state index contributed by atoms with van der Waals surface area (Å²) in [5, 5.41) is 18.8. The van der Waals surface area contributed by atoms with Crippen molar-refractivity contribution >= 4 is 0 Å². The molecule has 1 N–H and O–H groups in total. The van der Waals surface area contributed by atoms with Crippen LogP contribution in [0.2, 0.25) is 0 Å². The molecule has 3 heteroatoms. The predicted molar refractivity (Wildman–Crippen MR) is 61.9 cm³/mol. The summed E-state index contributed by atoms with van der Waals surface area (Å²) in [6.45, 7) is 3.86. The van der Waals surface area contributed by atoms with Gasteiger partial charge in [-0.25, -0.2) is 0 Å². The molecule has 1 aromatic rings. The standard InChI is InChI=1S/C13H16N2O/c1-13(16)9-15(10-13)8-12(7-14)11-5-3-2-4-6-11/h2-6,12,16H,8-10H2,1H3. The summed E-state index contributed by atoms with van der Waals surface area (Å²) in [5.41, 5.74) is 0.494. The molecule has 1 heterocycles. The largest absolute Gasteiger partial charge is 0.388 e. The van der Waals surface area contributed by atoms with Crippen LogP contribution in [0.5, 0.6) is 0 Å². The van der Waals surface area contributed by atoms with Crippen molar-refractivity contribution in [3.8, 4) is 6.07 Å². The zero-order valence-corrected chi connectivity index (χ0v) is 9.43. The lowest BCUT2D eigenvalue weighted by atomic mass is 9.93. The highest BCUT2D eigenvalue weighted by molar-refractivity contribution is 5.25. The molecule has 0 aliphatic carbocycles. The Morgan fingerprint density at radius 3 is 2.56 bits per heavy atom. The van der Waals surface area contributed by atoms with E-state index >= 15 is 0 Å². The van der Waals surface area contributed by atoms with E-state index in [1.165, 1.54) is 0 Å². The van der Waals surface area contributed by atoms with E-state index in [1.54, 1.807) is 0 Å². The van der Waals surface area contributed by atoms with Crippen molar-refractivity contribution in [2.24, 2.45) is 0 Å². The van der Waals surface area contributed by atoms with Crippen LogP contribution >= 0.6 is 0 Å². The van der Waals surface area contributed by atoms with Gasteiger partial charge in [-0.2, -0.15) is 5.26 Å². The van der Waals surface area contributed by atoms with Crippen molar-refractivity contribution in [1.82, 2.24) is 4.90 Å². The predicted octanol–water partition coefficient (Wildman–Crippen LogP) is 1.36. The van der Waals surface area contributed by atoms with E-state index in [4.69, 9.17) is 5.26 Å². The SMILES string of the molecule is CC1(O)CN(CC(C#N)c2ccccc2)C1. The molecule has 1 saturated heterocycles. The fraction of sp³-hybridized carbons (Fsp3) is 0.462. The maximum absolute atomic E-state index is 9.62. The van der Waals surface area contributed by atoms with E-state index in [9.17, 15) is 5.11 Å². The van der Waals surface area contributed by atoms with Crippen molar-refractivity contribution in [1.29, 1.82) is 5.26 Å². The van der Waals surface area contributed by atoms with Crippen LogP contribution in [0.1, 0.15) is 18.4 Å². The smallest absolute Gasteiger partial charge is 0.0872 e. The molecule has 0 spiro atoms. The van der Waals surface area contributed by atoms with Crippen LogP contribution in [-0.2, 0) is 0 Å². The van der Waals surface area contributed by atoms with Gasteiger partial charge in [0.2, 0.25) is 0 Å². The Hall–Kier alpha value is -1.37. The number of likely N-dealkylation sites (tertiary alicyclic amines) is 1. The van der Waals surface area contributed by atoms with Gasteiger partial charge >= 0.3 is 0 Å². The molecule has 0 aromatic heterocycles. The van der Waals surface area contributed by atoms with Crippen LogP contribution in [0.15, 0.2) is 30.3 Å². The molecule has 1 unspecified atom stereocenters. The monoisotopic (exact) mass is 216 g/mol. The third kappa shape index (κ3) is 2.41. The minimum atomic E-state index is -0.559. The van der Waals surface area contributed by atoms with Crippen molar-refractivity contribution in [3.05, 3.63) is 35.9 Å². The van der Waals surface area contributed by atoms with E-state index in [1.807, 2.05) is 37.3 Å². The zero-order valence-electron chi connectivity index (χ0n) is 9.43. The normalized spacial score (nSPS) is 20.8. The second-order valence-corrected chi connectivity index (χ2v) is 4.76. The first kappa shape index (κ1) is 11.1. The number of benzene rings is 1. The highest BCUT2D eigenvalue weighted by atomic mass is 16.3. The first-order valence-electron chi connectivity index (χ1n) is 5.50. The fourth-order valence-corrected chi connectivity index (χ4v) is 2.21. The van der Waals surface area contributed by atoms with E-state index in [0.717, 1.165) is 5.56 Å². The summed E-state index contributed by atoms with van der Waals surface area (Å²) in [5.74, 6) is -0.0997. The second-order valence-electron chi connectivity index (χ2n) is 4.76. The number of rotatable bonds is 3. The molecule has 0 radical (unpaired) electrons. The molecule has 0 amide bonds. The first-order valence-corrected chi connectivity index (χ1v) is 5.50. The molecule has 3 nitrogen and oxygen atoms in total. The maximum Gasteiger partial charge on any atom is 0.0872 e. The molecule has 0 saturated carbocycles. The summed E-state index contributed by atoms with van der Waals surface area (Å²) >= 11 is 0. The zero-order chi connectivity index (χ0) is 11.6. The highest BCUT2D eigenvalue weighted by Gasteiger charge is 2.37. The molecule has 1 atom stereocenters. The number of β-amino-alcohol motifs (C(OH)–C–C–N with tert-alkyl or cyclic N) is 1. The van der Waals surface area contributed by atoms with Crippen molar-refractivity contribution < 1.29 is 5.11 Å². The topological polar surface area (TPSA) is 47.3 Å². The average Bonchev–Trinajstić information content (AvgIpc) is 2.24. The van der Waals surface area contributed by atoms with Gasteiger partial charge in [0.15, 0.2) is 0 Å². The fourth-order valence-electron chi connectivity index (χ4n) is 2.21. The van der Waals surface area contributed by atoms with Gasteiger partial charge in [0.25, 0.3) is 0 Å². The Morgan fingerprint density at radius 1 is 1.44 bits per heavy atom. The molecule has 0 bridgehead atoms. The number of hydrogen-bond acceptors (Lipinski definition) is 3. The average molecular weight is 216 g/mol. The third-order valence-electron chi connectivity index (χ3n) is 2.93. The molecule has 1 aliphatic rings. The van der Waals surface area contributed by atoms with E-state index in [-0.39, 0.29) is 5.92 Å². The number of nitriles is 1. The molecular weight excluding hydrogens is 200 g/mol. The quantitative estimate of drug-likeness (QED) is 0.830. The lowest BCUT2D eigenvalue weighted by Crippen LogP contribution is -2.60. The lowest BCUT2D eigenvalue weighted by Gasteiger charge is -2.44. The van der Waals surface area contributed by atoms with Crippen LogP contribution in [-0.4, -0.2) is 35.2 Å². The molecule has 2 rings (SSSR count). The minimum Gasteiger partial charge on any atom is -0.388 e. The van der Waals surface area contributed by atoms with Gasteiger partial charge in [-0.1, -0.05) is 30.3 Å². The molecule has 1 fully saturated rings. The van der Waals surface area contributed by atoms with E-state index in [0.29, 0.717) is 19.6 Å². The first-order chi connectivity index (χ1) is 7.61. The lowest BCUT2D eigenvalue weighted by molar-refractivity contribution is -0.0835. The molecule has 84 valence electrons. The van der Waals surface area contributed by atoms with Crippen LogP contribution < -0.4 is 0 Å². The summed E-state index contributed by atoms with van der Waals surface area (Å²) < 4.78 is 0. The van der Waals surface area contributed by atoms with E-state index < -0.39 is 5.60 Å². The summed E-state index contributed by atoms with van der Waals surface area (Å²) in [6, 6.07) is 12.1. The van der Waals surface area contributed by atoms with Crippen LogP contribution in [0.25, 0.3) is 0 Å². The Kier molecular flexibility index (Phi) is 2.95. The maximum atomic E-state index is 9.62. The molecule has 1 aliphatic heterocycles. The third-order valence-corrected chi connectivity index (χ3v) is 2.93. The van der Waals surface area contributed by atoms with Crippen molar-refractivity contribution in [2.75, 3.05) is 19.6 Å². The highest BCUT2D eigenvalue weighted by Crippen LogP contribution is 2.24. The minimum absolute atomic E-state index is 0.0997. The van der Waals surface area contributed by atoms with Crippen LogP contribution in [0, 0.1) is 11.3 Å². The van der Waals surface area contributed by atoms with E-state index in [2.05, 4.69) is 11.0 Å². The number of aliphatic hydroxyl groups is 1. The summed E-state index contributed by atoms with van der Waals surface area (Å²) in [6.07, 6.45) is 0. The molecule has 1 aromatic carbocycles. The molecule has 16 heavy (non-hydrogen) atoms. The van der Waals surface area contributed by atoms with Gasteiger partial charge in [0.1, 0.15) is 0 Å². The number of nitrogens with zero attached hydrogens (tertiary/aromatic N) is 2. The Bertz CT molecular complexity index is 386. The van der Waals surface area contributed by atoms with Gasteiger partial charge in [-0.05, 0) is 12.5 Å². The van der Waals surface area contributed by atoms with Gasteiger partial charge in [0, 0.05) is 19.6 Å². The Balaban J connectivity index is 1.96. The Morgan fingerprint density at radius 2 is 2.06 bits per heavy atom. The van der Waals surface area contributed by atoms with Gasteiger partial charge < -0.3 is 5.11 Å². The van der Waals surface area contributed by atoms with Crippen molar-refractivity contribution in [3.63, 3.8) is 0 Å². The van der Waals surface area contributed by atoms with Crippen molar-refractivity contribution in [2.45, 2.75) is 18.4 Å². The van der Waals surface area contributed by atoms with Gasteiger partial charge in [-0.15, -0.1) is 0 Å². The summed E-state index contributed by atoms with van der Waals surface area (Å²) in [4.78, 5) is 2.11. The summed E-state index contributed by atoms with van der Waals surface area (Å²) in [7, 11) is 0. The van der Waals surface area contributed by atoms with Gasteiger partial charge in [0.05, 0.1) is 17.6 Å². The van der Waals surface area contributed by atoms with Gasteiger partial charge in [-0.3, -0.25) is 4.90 Å². The van der Waals surface area contributed by atoms with Crippen LogP contribution in [0.3, 0.4) is 0 Å². The Labute approximate surface area is 95.9 Å².